The molecule has 1 aliphatic heterocycles. The van der Waals surface area contributed by atoms with E-state index in [2.05, 4.69) is 10.6 Å². The molecule has 0 spiro atoms. The zero-order chi connectivity index (χ0) is 13.5. The smallest absolute Gasteiger partial charge is 0.225 e. The molecule has 2 N–H and O–H groups in total. The highest BCUT2D eigenvalue weighted by Crippen LogP contribution is 2.20. The summed E-state index contributed by atoms with van der Waals surface area (Å²) < 4.78 is 5.49. The lowest BCUT2D eigenvalue weighted by atomic mass is 10.2. The lowest BCUT2D eigenvalue weighted by Crippen LogP contribution is -2.29. The van der Waals surface area contributed by atoms with Crippen molar-refractivity contribution in [2.45, 2.75) is 25.4 Å². The summed E-state index contributed by atoms with van der Waals surface area (Å²) in [4.78, 5) is 11.7. The molecular formula is C14H19ClN2O2. The van der Waals surface area contributed by atoms with E-state index in [1.165, 1.54) is 0 Å². The molecule has 1 fully saturated rings. The van der Waals surface area contributed by atoms with Crippen molar-refractivity contribution in [2.24, 2.45) is 0 Å². The topological polar surface area (TPSA) is 50.4 Å². The van der Waals surface area contributed by atoms with E-state index < -0.39 is 0 Å². The van der Waals surface area contributed by atoms with Crippen LogP contribution in [0.3, 0.4) is 0 Å². The van der Waals surface area contributed by atoms with Crippen LogP contribution in [0.5, 0.6) is 0 Å². The molecule has 1 amide bonds. The summed E-state index contributed by atoms with van der Waals surface area (Å²) in [5, 5.41) is 6.59. The first kappa shape index (κ1) is 14.3. The average Bonchev–Trinajstić information content (AvgIpc) is 2.91. The van der Waals surface area contributed by atoms with Crippen molar-refractivity contribution >= 4 is 23.2 Å². The van der Waals surface area contributed by atoms with Crippen LogP contribution in [-0.4, -0.2) is 31.7 Å². The summed E-state index contributed by atoms with van der Waals surface area (Å²) in [6, 6.07) is 7.23. The van der Waals surface area contributed by atoms with Gasteiger partial charge in [-0.15, -0.1) is 0 Å². The number of nitrogens with one attached hydrogen (secondary N) is 2. The minimum Gasteiger partial charge on any atom is -0.377 e. The molecule has 0 radical (unpaired) electrons. The van der Waals surface area contributed by atoms with Gasteiger partial charge in [0.1, 0.15) is 0 Å². The monoisotopic (exact) mass is 282 g/mol. The molecule has 1 unspecified atom stereocenters. The lowest BCUT2D eigenvalue weighted by molar-refractivity contribution is -0.116. The van der Waals surface area contributed by atoms with E-state index in [1.54, 1.807) is 12.1 Å². The van der Waals surface area contributed by atoms with E-state index in [9.17, 15) is 4.79 Å². The molecule has 1 aromatic carbocycles. The fourth-order valence-corrected chi connectivity index (χ4v) is 2.23. The van der Waals surface area contributed by atoms with Crippen LogP contribution in [0.2, 0.25) is 5.02 Å². The fraction of sp³-hybridized carbons (Fsp3) is 0.500. The molecule has 4 nitrogen and oxygen atoms in total. The maximum Gasteiger partial charge on any atom is 0.225 e. The van der Waals surface area contributed by atoms with Crippen molar-refractivity contribution in [2.75, 3.05) is 25.0 Å². The number of amides is 1. The zero-order valence-corrected chi connectivity index (χ0v) is 11.6. The molecule has 1 atom stereocenters. The number of anilines is 1. The van der Waals surface area contributed by atoms with Crippen LogP contribution in [0.15, 0.2) is 24.3 Å². The first-order chi connectivity index (χ1) is 9.25. The Morgan fingerprint density at radius 2 is 2.26 bits per heavy atom. The Labute approximate surface area is 118 Å². The molecule has 1 saturated heterocycles. The minimum absolute atomic E-state index is 0.0343. The van der Waals surface area contributed by atoms with E-state index in [-0.39, 0.29) is 5.91 Å². The summed E-state index contributed by atoms with van der Waals surface area (Å²) in [7, 11) is 0. The SMILES string of the molecule is O=C(CCNCC1CCCO1)Nc1ccccc1Cl. The molecule has 1 aliphatic rings. The van der Waals surface area contributed by atoms with Crippen LogP contribution in [0, 0.1) is 0 Å². The highest BCUT2D eigenvalue weighted by atomic mass is 35.5. The van der Waals surface area contributed by atoms with Crippen LogP contribution < -0.4 is 10.6 Å². The van der Waals surface area contributed by atoms with E-state index >= 15 is 0 Å². The van der Waals surface area contributed by atoms with Crippen LogP contribution in [-0.2, 0) is 9.53 Å². The van der Waals surface area contributed by atoms with Crippen molar-refractivity contribution < 1.29 is 9.53 Å². The summed E-state index contributed by atoms with van der Waals surface area (Å²) >= 11 is 5.97. The number of carbonyl (C=O) groups excluding carboxylic acids is 1. The third-order valence-corrected chi connectivity index (χ3v) is 3.40. The maximum atomic E-state index is 11.7. The second-order valence-corrected chi connectivity index (χ2v) is 5.02. The van der Waals surface area contributed by atoms with Gasteiger partial charge < -0.3 is 15.4 Å². The number of benzene rings is 1. The number of hydrogen-bond donors (Lipinski definition) is 2. The highest BCUT2D eigenvalue weighted by Gasteiger charge is 2.14. The Morgan fingerprint density at radius 3 is 3.00 bits per heavy atom. The van der Waals surface area contributed by atoms with Gasteiger partial charge in [-0.05, 0) is 25.0 Å². The third-order valence-electron chi connectivity index (χ3n) is 3.07. The van der Waals surface area contributed by atoms with Crippen molar-refractivity contribution in [1.29, 1.82) is 0 Å². The molecule has 5 heteroatoms. The van der Waals surface area contributed by atoms with E-state index in [4.69, 9.17) is 16.3 Å². The normalized spacial score (nSPS) is 18.5. The van der Waals surface area contributed by atoms with Gasteiger partial charge in [-0.25, -0.2) is 0 Å². The highest BCUT2D eigenvalue weighted by molar-refractivity contribution is 6.33. The van der Waals surface area contributed by atoms with Gasteiger partial charge in [0.15, 0.2) is 0 Å². The first-order valence-corrected chi connectivity index (χ1v) is 7.00. The Balaban J connectivity index is 1.63. The predicted octanol–water partition coefficient (Wildman–Crippen LogP) is 2.44. The summed E-state index contributed by atoms with van der Waals surface area (Å²) in [6.45, 7) is 2.33. The van der Waals surface area contributed by atoms with Gasteiger partial charge >= 0.3 is 0 Å². The van der Waals surface area contributed by atoms with Gasteiger partial charge in [0.05, 0.1) is 16.8 Å². The maximum absolute atomic E-state index is 11.7. The molecule has 1 aromatic rings. The largest absolute Gasteiger partial charge is 0.377 e. The molecule has 0 aromatic heterocycles. The van der Waals surface area contributed by atoms with Crippen LogP contribution in [0.25, 0.3) is 0 Å². The Morgan fingerprint density at radius 1 is 1.42 bits per heavy atom. The third kappa shape index (κ3) is 4.82. The van der Waals surface area contributed by atoms with Crippen LogP contribution in [0.4, 0.5) is 5.69 Å². The number of rotatable bonds is 6. The van der Waals surface area contributed by atoms with Gasteiger partial charge in [0, 0.05) is 26.1 Å². The Hall–Kier alpha value is -1.10. The fourth-order valence-electron chi connectivity index (χ4n) is 2.05. The number of ether oxygens (including phenoxy) is 1. The summed E-state index contributed by atoms with van der Waals surface area (Å²) in [6.07, 6.45) is 2.99. The van der Waals surface area contributed by atoms with Crippen molar-refractivity contribution in [3.05, 3.63) is 29.3 Å². The Kier molecular flexibility index (Phi) is 5.63. The molecule has 104 valence electrons. The van der Waals surface area contributed by atoms with Crippen LogP contribution in [0.1, 0.15) is 19.3 Å². The van der Waals surface area contributed by atoms with Gasteiger partial charge in [-0.3, -0.25) is 4.79 Å². The van der Waals surface area contributed by atoms with E-state index in [1.807, 2.05) is 12.1 Å². The molecule has 2 rings (SSSR count). The van der Waals surface area contributed by atoms with E-state index in [0.29, 0.717) is 29.8 Å². The molecule has 19 heavy (non-hydrogen) atoms. The second kappa shape index (κ2) is 7.48. The van der Waals surface area contributed by atoms with Gasteiger partial charge in [0.25, 0.3) is 0 Å². The minimum atomic E-state index is -0.0343. The average molecular weight is 283 g/mol. The number of hydrogen-bond acceptors (Lipinski definition) is 3. The lowest BCUT2D eigenvalue weighted by Gasteiger charge is -2.11. The Bertz CT molecular complexity index is 420. The summed E-state index contributed by atoms with van der Waals surface area (Å²) in [5.74, 6) is -0.0343. The molecule has 1 heterocycles. The first-order valence-electron chi connectivity index (χ1n) is 6.62. The number of halogens is 1. The molecule has 0 aliphatic carbocycles. The van der Waals surface area contributed by atoms with Crippen molar-refractivity contribution in [3.8, 4) is 0 Å². The van der Waals surface area contributed by atoms with Crippen molar-refractivity contribution in [1.82, 2.24) is 5.32 Å². The quantitative estimate of drug-likeness (QED) is 0.788. The number of carbonyl (C=O) groups is 1. The van der Waals surface area contributed by atoms with Gasteiger partial charge in [0.2, 0.25) is 5.91 Å². The van der Waals surface area contributed by atoms with Crippen molar-refractivity contribution in [3.63, 3.8) is 0 Å². The van der Waals surface area contributed by atoms with E-state index in [0.717, 1.165) is 26.0 Å². The zero-order valence-electron chi connectivity index (χ0n) is 10.8. The molecule has 0 bridgehead atoms. The molecule has 0 saturated carbocycles. The van der Waals surface area contributed by atoms with Gasteiger partial charge in [-0.2, -0.15) is 0 Å². The second-order valence-electron chi connectivity index (χ2n) is 4.62. The van der Waals surface area contributed by atoms with Crippen LogP contribution >= 0.6 is 11.6 Å². The predicted molar refractivity (Wildman–Crippen MR) is 76.5 cm³/mol. The number of para-hydroxylation sites is 1. The summed E-state index contributed by atoms with van der Waals surface area (Å²) in [5.41, 5.74) is 0.660. The molecular weight excluding hydrogens is 264 g/mol. The standard InChI is InChI=1S/C14H19ClN2O2/c15-12-5-1-2-6-13(12)17-14(18)7-8-16-10-11-4-3-9-19-11/h1-2,5-6,11,16H,3-4,7-10H2,(H,17,18). The van der Waals surface area contributed by atoms with Gasteiger partial charge in [-0.1, -0.05) is 23.7 Å².